The van der Waals surface area contributed by atoms with Crippen LogP contribution in [-0.2, 0) is 32.1 Å². The zero-order valence-corrected chi connectivity index (χ0v) is 24.6. The van der Waals surface area contributed by atoms with Gasteiger partial charge >= 0.3 is 5.97 Å². The van der Waals surface area contributed by atoms with Crippen LogP contribution in [0, 0.1) is 23.4 Å². The van der Waals surface area contributed by atoms with Gasteiger partial charge in [0, 0.05) is 43.6 Å². The molecule has 1 aliphatic rings. The lowest BCUT2D eigenvalue weighted by atomic mass is 10.0. The smallest absolute Gasteiger partial charge is 0.328 e. The third-order valence-corrected chi connectivity index (χ3v) is 7.45. The summed E-state index contributed by atoms with van der Waals surface area (Å²) in [4.78, 5) is 43.7. The number of nitrogens with one attached hydrogen (secondary N) is 2. The van der Waals surface area contributed by atoms with E-state index in [0.717, 1.165) is 6.07 Å². The first-order chi connectivity index (χ1) is 19.0. The van der Waals surface area contributed by atoms with Gasteiger partial charge in [0.15, 0.2) is 17.0 Å². The summed E-state index contributed by atoms with van der Waals surface area (Å²) >= 11 is 1.31. The summed E-state index contributed by atoms with van der Waals surface area (Å²) in [7, 11) is 0. The molecule has 0 radical (unpaired) electrons. The number of aromatic nitrogens is 1. The van der Waals surface area contributed by atoms with Crippen molar-refractivity contribution < 1.29 is 32.3 Å². The van der Waals surface area contributed by atoms with Gasteiger partial charge in [-0.1, -0.05) is 19.9 Å². The van der Waals surface area contributed by atoms with E-state index in [0.29, 0.717) is 29.7 Å². The second kappa shape index (κ2) is 15.8. The third-order valence-electron chi connectivity index (χ3n) is 6.25. The Hall–Kier alpha value is -3.03. The molecule has 1 fully saturated rings. The maximum absolute atomic E-state index is 14.0. The SMILES string of the molecule is CCOC(=O)[C@@H](Nc1ccc(CNC(=O)C2SCCN2C(=O)C[C@H](N)Cc2cc(F)c(F)cc2F)cn1)C(C)C.Cl. The molecule has 1 aromatic heterocycles. The molecule has 2 heterocycles. The van der Waals surface area contributed by atoms with Crippen LogP contribution in [0.25, 0.3) is 0 Å². The van der Waals surface area contributed by atoms with Crippen LogP contribution in [-0.4, -0.2) is 64.0 Å². The van der Waals surface area contributed by atoms with Crippen LogP contribution in [0.1, 0.15) is 38.3 Å². The molecule has 226 valence electrons. The molecule has 2 aromatic rings. The van der Waals surface area contributed by atoms with Gasteiger partial charge in [-0.05, 0) is 42.5 Å². The summed E-state index contributed by atoms with van der Waals surface area (Å²) < 4.78 is 45.7. The van der Waals surface area contributed by atoms with Crippen LogP contribution >= 0.6 is 24.2 Å². The molecule has 0 bridgehead atoms. The number of carbonyl (C=O) groups is 3. The molecule has 3 rings (SSSR count). The topological polar surface area (TPSA) is 127 Å². The van der Waals surface area contributed by atoms with E-state index in [4.69, 9.17) is 10.5 Å². The number of anilines is 1. The van der Waals surface area contributed by atoms with Crippen molar-refractivity contribution in [3.8, 4) is 0 Å². The molecule has 41 heavy (non-hydrogen) atoms. The highest BCUT2D eigenvalue weighted by molar-refractivity contribution is 8.00. The zero-order valence-electron chi connectivity index (χ0n) is 23.0. The second-order valence-electron chi connectivity index (χ2n) is 9.72. The van der Waals surface area contributed by atoms with Gasteiger partial charge in [-0.3, -0.25) is 9.59 Å². The Morgan fingerprint density at radius 3 is 2.51 bits per heavy atom. The van der Waals surface area contributed by atoms with Crippen LogP contribution in [0.5, 0.6) is 0 Å². The van der Waals surface area contributed by atoms with Gasteiger partial charge in [0.25, 0.3) is 5.91 Å². The fourth-order valence-electron chi connectivity index (χ4n) is 4.14. The molecule has 0 aliphatic carbocycles. The van der Waals surface area contributed by atoms with Gasteiger partial charge in [0.05, 0.1) is 6.61 Å². The van der Waals surface area contributed by atoms with E-state index in [1.165, 1.54) is 16.7 Å². The van der Waals surface area contributed by atoms with Crippen LogP contribution in [0.4, 0.5) is 19.0 Å². The van der Waals surface area contributed by atoms with Crippen molar-refractivity contribution in [2.75, 3.05) is 24.2 Å². The third kappa shape index (κ3) is 9.50. The first kappa shape index (κ1) is 34.2. The Kier molecular flexibility index (Phi) is 13.2. The average molecular weight is 618 g/mol. The molecule has 0 saturated carbocycles. The summed E-state index contributed by atoms with van der Waals surface area (Å²) in [6.45, 7) is 6.33. The fraction of sp³-hybridized carbons (Fsp3) is 0.481. The first-order valence-corrected chi connectivity index (χ1v) is 14.0. The zero-order chi connectivity index (χ0) is 29.4. The monoisotopic (exact) mass is 617 g/mol. The van der Waals surface area contributed by atoms with E-state index in [9.17, 15) is 27.6 Å². The largest absolute Gasteiger partial charge is 0.464 e. The van der Waals surface area contributed by atoms with Crippen molar-refractivity contribution in [1.82, 2.24) is 15.2 Å². The molecule has 3 atom stereocenters. The predicted octanol–water partition coefficient (Wildman–Crippen LogP) is 3.40. The molecular weight excluding hydrogens is 583 g/mol. The number of halogens is 4. The van der Waals surface area contributed by atoms with Crippen LogP contribution in [0.3, 0.4) is 0 Å². The molecular formula is C27H35ClF3N5O4S. The van der Waals surface area contributed by atoms with Gasteiger partial charge < -0.3 is 26.0 Å². The lowest BCUT2D eigenvalue weighted by Crippen LogP contribution is -2.46. The molecule has 1 aliphatic heterocycles. The number of nitrogens with zero attached hydrogens (tertiary/aromatic N) is 2. The van der Waals surface area contributed by atoms with Crippen LogP contribution < -0.4 is 16.4 Å². The number of carbonyl (C=O) groups excluding carboxylic acids is 3. The van der Waals surface area contributed by atoms with E-state index in [1.54, 1.807) is 25.3 Å². The normalized spacial score (nSPS) is 16.1. The highest BCUT2D eigenvalue weighted by Crippen LogP contribution is 2.25. The molecule has 1 aromatic carbocycles. The number of nitrogens with two attached hydrogens (primary N) is 1. The van der Waals surface area contributed by atoms with Crippen LogP contribution in [0.2, 0.25) is 0 Å². The Morgan fingerprint density at radius 1 is 1.17 bits per heavy atom. The van der Waals surface area contributed by atoms with Crippen molar-refractivity contribution in [3.63, 3.8) is 0 Å². The highest BCUT2D eigenvalue weighted by atomic mass is 35.5. The van der Waals surface area contributed by atoms with E-state index in [-0.39, 0.29) is 67.7 Å². The maximum Gasteiger partial charge on any atom is 0.328 e. The summed E-state index contributed by atoms with van der Waals surface area (Å²) in [6, 6.07) is 3.25. The van der Waals surface area contributed by atoms with E-state index in [2.05, 4.69) is 15.6 Å². The molecule has 2 amide bonds. The number of amides is 2. The minimum absolute atomic E-state index is 0. The quantitative estimate of drug-likeness (QED) is 0.244. The van der Waals surface area contributed by atoms with Crippen LogP contribution in [0.15, 0.2) is 30.5 Å². The predicted molar refractivity (Wildman–Crippen MR) is 153 cm³/mol. The van der Waals surface area contributed by atoms with Gasteiger partial charge in [0.1, 0.15) is 17.7 Å². The number of thioether (sulfide) groups is 1. The summed E-state index contributed by atoms with van der Waals surface area (Å²) in [5, 5.41) is 5.12. The number of pyridine rings is 1. The standard InChI is InChI=1S/C27H34F3N5O4S.ClH/c1-4-39-27(38)24(15(2)3)34-22-6-5-16(13-32-22)14-33-25(37)26-35(7-8-40-26)23(36)11-18(31)9-17-10-20(29)21(30)12-19(17)28;/h5-6,10,12-13,15,18,24,26H,4,7-9,11,14,31H2,1-3H3,(H,32,34)(H,33,37);1H/t18-,24+,26?;/m1./s1. The highest BCUT2D eigenvalue weighted by Gasteiger charge is 2.35. The Bertz CT molecular complexity index is 1210. The summed E-state index contributed by atoms with van der Waals surface area (Å²) in [5.74, 6) is -3.52. The molecule has 1 unspecified atom stereocenters. The number of hydrogen-bond acceptors (Lipinski definition) is 8. The molecule has 9 nitrogen and oxygen atoms in total. The molecule has 14 heteroatoms. The lowest BCUT2D eigenvalue weighted by Gasteiger charge is -2.24. The van der Waals surface area contributed by atoms with E-state index >= 15 is 0 Å². The van der Waals surface area contributed by atoms with Gasteiger partial charge in [-0.15, -0.1) is 24.2 Å². The van der Waals surface area contributed by atoms with Gasteiger partial charge in [-0.25, -0.2) is 22.9 Å². The summed E-state index contributed by atoms with van der Waals surface area (Å²) in [6.07, 6.45) is 1.22. The van der Waals surface area contributed by atoms with Crippen molar-refractivity contribution in [2.45, 2.75) is 57.6 Å². The van der Waals surface area contributed by atoms with Crippen molar-refractivity contribution in [2.24, 2.45) is 11.7 Å². The minimum Gasteiger partial charge on any atom is -0.464 e. The van der Waals surface area contributed by atoms with Crippen molar-refractivity contribution in [1.29, 1.82) is 0 Å². The number of rotatable bonds is 12. The number of ether oxygens (including phenoxy) is 1. The average Bonchev–Trinajstić information content (AvgIpc) is 3.40. The molecule has 4 N–H and O–H groups in total. The Labute approximate surface area is 247 Å². The number of esters is 1. The number of benzene rings is 1. The summed E-state index contributed by atoms with van der Waals surface area (Å²) in [5.41, 5.74) is 6.59. The second-order valence-corrected chi connectivity index (χ2v) is 10.9. The molecule has 1 saturated heterocycles. The lowest BCUT2D eigenvalue weighted by molar-refractivity contribution is -0.145. The minimum atomic E-state index is -1.30. The van der Waals surface area contributed by atoms with Crippen molar-refractivity contribution >= 4 is 47.8 Å². The van der Waals surface area contributed by atoms with Gasteiger partial charge in [-0.2, -0.15) is 0 Å². The van der Waals surface area contributed by atoms with Gasteiger partial charge in [0.2, 0.25) is 5.91 Å². The van der Waals surface area contributed by atoms with E-state index < -0.39 is 34.9 Å². The first-order valence-electron chi connectivity index (χ1n) is 13.0. The fourth-order valence-corrected chi connectivity index (χ4v) is 5.30. The maximum atomic E-state index is 14.0. The molecule has 0 spiro atoms. The Morgan fingerprint density at radius 2 is 1.88 bits per heavy atom. The van der Waals surface area contributed by atoms with E-state index in [1.807, 2.05) is 13.8 Å². The number of hydrogen-bond donors (Lipinski definition) is 3. The Balaban J connectivity index is 0.00000588. The van der Waals surface area contributed by atoms with Crippen molar-refractivity contribution in [3.05, 3.63) is 59.0 Å².